The summed E-state index contributed by atoms with van der Waals surface area (Å²) in [7, 11) is 0. The summed E-state index contributed by atoms with van der Waals surface area (Å²) in [5.41, 5.74) is 8.17. The van der Waals surface area contributed by atoms with Crippen molar-refractivity contribution in [1.82, 2.24) is 9.88 Å². The van der Waals surface area contributed by atoms with Gasteiger partial charge >= 0.3 is 5.97 Å². The van der Waals surface area contributed by atoms with Crippen LogP contribution in [0.5, 0.6) is 0 Å². The Labute approximate surface area is 220 Å². The van der Waals surface area contributed by atoms with Gasteiger partial charge < -0.3 is 26.0 Å². The molecule has 9 heteroatoms. The first-order chi connectivity index (χ1) is 18.4. The van der Waals surface area contributed by atoms with Crippen LogP contribution < -0.4 is 11.1 Å². The topological polar surface area (TPSA) is 129 Å². The highest BCUT2D eigenvalue weighted by Gasteiger charge is 2.44. The molecule has 1 saturated heterocycles. The molecule has 2 aromatic carbocycles. The predicted molar refractivity (Wildman–Crippen MR) is 143 cm³/mol. The molecule has 2 amide bonds. The average molecular weight is 521 g/mol. The fourth-order valence-electron chi connectivity index (χ4n) is 6.11. The number of hydrogen-bond acceptors (Lipinski definition) is 4. The number of alkyl halides is 1. The molecule has 0 bridgehead atoms. The highest BCUT2D eigenvalue weighted by Crippen LogP contribution is 2.38. The van der Waals surface area contributed by atoms with E-state index in [9.17, 15) is 23.9 Å². The second-order valence-electron chi connectivity index (χ2n) is 10.5. The highest BCUT2D eigenvalue weighted by atomic mass is 19.1. The maximum atomic E-state index is 13.8. The van der Waals surface area contributed by atoms with E-state index in [4.69, 9.17) is 5.73 Å². The Kier molecular flexibility index (Phi) is 7.46. The van der Waals surface area contributed by atoms with Crippen molar-refractivity contribution in [2.24, 2.45) is 17.6 Å². The van der Waals surface area contributed by atoms with Gasteiger partial charge in [0.05, 0.1) is 0 Å². The van der Waals surface area contributed by atoms with Crippen LogP contribution in [0.1, 0.15) is 54.1 Å². The average Bonchev–Trinajstić information content (AvgIpc) is 3.58. The monoisotopic (exact) mass is 520 g/mol. The lowest BCUT2D eigenvalue weighted by Crippen LogP contribution is -2.48. The fraction of sp³-hybridized carbons (Fsp3) is 0.414. The van der Waals surface area contributed by atoms with E-state index in [1.165, 1.54) is 6.07 Å². The van der Waals surface area contributed by atoms with Gasteiger partial charge in [-0.15, -0.1) is 0 Å². The van der Waals surface area contributed by atoms with Gasteiger partial charge in [0, 0.05) is 41.0 Å². The molecular weight excluding hydrogens is 487 g/mol. The zero-order valence-corrected chi connectivity index (χ0v) is 21.1. The molecule has 5 rings (SSSR count). The SMILES string of the molecule is NC(CF)C1CCC(C(=O)N2CC[C@@H](c3ccccc3)[C@H]2C(=O)Nc2ccc3[nH]c(C(=O)O)cc3c2)CC1. The molecule has 2 fully saturated rings. The van der Waals surface area contributed by atoms with Crippen molar-refractivity contribution in [2.45, 2.75) is 50.1 Å². The van der Waals surface area contributed by atoms with Gasteiger partial charge in [0.15, 0.2) is 0 Å². The number of aromatic nitrogens is 1. The lowest BCUT2D eigenvalue weighted by atomic mass is 9.78. The number of nitrogens with two attached hydrogens (primary N) is 1. The molecular formula is C29H33FN4O4. The molecule has 1 aliphatic carbocycles. The van der Waals surface area contributed by atoms with E-state index in [0.29, 0.717) is 55.2 Å². The lowest BCUT2D eigenvalue weighted by molar-refractivity contribution is -0.141. The van der Waals surface area contributed by atoms with Crippen LogP contribution >= 0.6 is 0 Å². The van der Waals surface area contributed by atoms with Crippen LogP contribution in [0.3, 0.4) is 0 Å². The number of nitrogens with one attached hydrogen (secondary N) is 2. The van der Waals surface area contributed by atoms with Crippen LogP contribution in [0.25, 0.3) is 10.9 Å². The summed E-state index contributed by atoms with van der Waals surface area (Å²) in [6.07, 6.45) is 3.39. The largest absolute Gasteiger partial charge is 0.477 e. The Balaban J connectivity index is 1.37. The van der Waals surface area contributed by atoms with E-state index in [2.05, 4.69) is 10.3 Å². The van der Waals surface area contributed by atoms with Gasteiger partial charge in [-0.3, -0.25) is 9.59 Å². The molecule has 1 saturated carbocycles. The van der Waals surface area contributed by atoms with E-state index in [1.807, 2.05) is 30.3 Å². The minimum Gasteiger partial charge on any atom is -0.477 e. The lowest BCUT2D eigenvalue weighted by Gasteiger charge is -2.35. The number of carbonyl (C=O) groups is 3. The minimum absolute atomic E-state index is 0.0250. The predicted octanol–water partition coefficient (Wildman–Crippen LogP) is 4.29. The molecule has 8 nitrogen and oxygen atoms in total. The maximum absolute atomic E-state index is 13.8. The molecule has 5 N–H and O–H groups in total. The van der Waals surface area contributed by atoms with Crippen LogP contribution in [0, 0.1) is 11.8 Å². The number of fused-ring (bicyclic) bond motifs is 1. The maximum Gasteiger partial charge on any atom is 0.352 e. The third-order valence-electron chi connectivity index (χ3n) is 8.20. The second-order valence-corrected chi connectivity index (χ2v) is 10.5. The van der Waals surface area contributed by atoms with Gasteiger partial charge in [-0.2, -0.15) is 0 Å². The van der Waals surface area contributed by atoms with Gasteiger partial charge in [-0.25, -0.2) is 9.18 Å². The number of carbonyl (C=O) groups excluding carboxylic acids is 2. The van der Waals surface area contributed by atoms with Crippen molar-refractivity contribution in [1.29, 1.82) is 0 Å². The highest BCUT2D eigenvalue weighted by molar-refractivity contribution is 6.01. The number of carboxylic acids is 1. The third kappa shape index (κ3) is 5.15. The molecule has 1 aliphatic heterocycles. The number of H-pyrrole nitrogens is 1. The Morgan fingerprint density at radius 2 is 1.79 bits per heavy atom. The first-order valence-electron chi connectivity index (χ1n) is 13.2. The summed E-state index contributed by atoms with van der Waals surface area (Å²) in [5, 5.41) is 12.9. The van der Waals surface area contributed by atoms with Crippen molar-refractivity contribution in [3.8, 4) is 0 Å². The van der Waals surface area contributed by atoms with Gasteiger partial charge in [-0.05, 0) is 67.9 Å². The summed E-state index contributed by atoms with van der Waals surface area (Å²) in [5.74, 6) is -1.61. The number of nitrogens with zero attached hydrogens (tertiary/aromatic N) is 1. The summed E-state index contributed by atoms with van der Waals surface area (Å²) in [6.45, 7) is -0.0677. The van der Waals surface area contributed by atoms with Crippen molar-refractivity contribution >= 4 is 34.4 Å². The number of aromatic amines is 1. The number of likely N-dealkylation sites (tertiary alicyclic amines) is 1. The summed E-state index contributed by atoms with van der Waals surface area (Å²) < 4.78 is 13.0. The summed E-state index contributed by atoms with van der Waals surface area (Å²) in [6, 6.07) is 15.3. The Hall–Kier alpha value is -3.72. The Morgan fingerprint density at radius 1 is 1.05 bits per heavy atom. The van der Waals surface area contributed by atoms with Gasteiger partial charge in [0.25, 0.3) is 0 Å². The van der Waals surface area contributed by atoms with E-state index < -0.39 is 24.7 Å². The number of rotatable bonds is 7. The zero-order valence-electron chi connectivity index (χ0n) is 21.1. The minimum atomic E-state index is -1.06. The number of benzene rings is 2. The van der Waals surface area contributed by atoms with Crippen LogP contribution in [-0.4, -0.2) is 58.1 Å². The third-order valence-corrected chi connectivity index (χ3v) is 8.20. The standard InChI is InChI=1S/C29H33FN4O4/c30-16-23(31)18-6-8-19(9-7-18)28(36)34-13-12-22(17-4-2-1-3-5-17)26(34)27(35)32-21-10-11-24-20(14-21)15-25(33-24)29(37)38/h1-5,10-11,14-15,18-19,22-23,26,33H,6-9,12-13,16,31H2,(H,32,35)(H,37,38)/t18?,19?,22-,23?,26-/m0/s1. The molecule has 1 aromatic heterocycles. The quantitative estimate of drug-likeness (QED) is 0.369. The normalized spacial score (nSPS) is 24.3. The summed E-state index contributed by atoms with van der Waals surface area (Å²) >= 11 is 0. The molecule has 200 valence electrons. The smallest absolute Gasteiger partial charge is 0.352 e. The van der Waals surface area contributed by atoms with Crippen LogP contribution in [0.4, 0.5) is 10.1 Å². The number of carboxylic acid groups (broad SMARTS) is 1. The van der Waals surface area contributed by atoms with Gasteiger partial charge in [0.1, 0.15) is 18.4 Å². The second kappa shape index (κ2) is 10.9. The molecule has 3 aromatic rings. The van der Waals surface area contributed by atoms with E-state index in [1.54, 1.807) is 23.1 Å². The van der Waals surface area contributed by atoms with Crippen LogP contribution in [-0.2, 0) is 9.59 Å². The Bertz CT molecular complexity index is 1320. The number of hydrogen-bond donors (Lipinski definition) is 4. The van der Waals surface area contributed by atoms with Crippen molar-refractivity contribution in [2.75, 3.05) is 18.5 Å². The number of aromatic carboxylic acids is 1. The molecule has 0 spiro atoms. The zero-order chi connectivity index (χ0) is 26.8. The van der Waals surface area contributed by atoms with Crippen molar-refractivity contribution < 1.29 is 23.9 Å². The fourth-order valence-corrected chi connectivity index (χ4v) is 6.11. The van der Waals surface area contributed by atoms with Crippen molar-refractivity contribution in [3.05, 3.63) is 65.9 Å². The molecule has 0 radical (unpaired) electrons. The van der Waals surface area contributed by atoms with Crippen LogP contribution in [0.15, 0.2) is 54.6 Å². The molecule has 1 unspecified atom stereocenters. The molecule has 2 aliphatic rings. The number of halogens is 1. The van der Waals surface area contributed by atoms with Gasteiger partial charge in [-0.1, -0.05) is 30.3 Å². The van der Waals surface area contributed by atoms with E-state index in [-0.39, 0.29) is 35.3 Å². The van der Waals surface area contributed by atoms with E-state index in [0.717, 1.165) is 5.56 Å². The molecule has 2 heterocycles. The number of amides is 2. The Morgan fingerprint density at radius 3 is 2.47 bits per heavy atom. The van der Waals surface area contributed by atoms with Crippen molar-refractivity contribution in [3.63, 3.8) is 0 Å². The molecule has 3 atom stereocenters. The first kappa shape index (κ1) is 25.9. The van der Waals surface area contributed by atoms with Gasteiger partial charge in [0.2, 0.25) is 11.8 Å². The number of anilines is 1. The summed E-state index contributed by atoms with van der Waals surface area (Å²) in [4.78, 5) is 43.4. The first-order valence-corrected chi connectivity index (χ1v) is 13.2. The van der Waals surface area contributed by atoms with Crippen LogP contribution in [0.2, 0.25) is 0 Å². The van der Waals surface area contributed by atoms with E-state index >= 15 is 0 Å². The molecule has 38 heavy (non-hydrogen) atoms.